The molecule has 0 heterocycles. The van der Waals surface area contributed by atoms with Gasteiger partial charge < -0.3 is 4.90 Å². The van der Waals surface area contributed by atoms with Crippen LogP contribution in [0.1, 0.15) is 22.3 Å². The van der Waals surface area contributed by atoms with Gasteiger partial charge in [-0.2, -0.15) is 0 Å². The summed E-state index contributed by atoms with van der Waals surface area (Å²) in [6, 6.07) is 74.0. The second-order valence-corrected chi connectivity index (χ2v) is 14.1. The van der Waals surface area contributed by atoms with E-state index >= 15 is 0 Å². The van der Waals surface area contributed by atoms with E-state index in [1.165, 1.54) is 82.9 Å². The Hall–Kier alpha value is -6.70. The Bertz CT molecular complexity index is 2840. The summed E-state index contributed by atoms with van der Waals surface area (Å²) in [6.45, 7) is 0. The van der Waals surface area contributed by atoms with Crippen LogP contribution in [0.3, 0.4) is 0 Å². The Morgan fingerprint density at radius 2 is 0.846 bits per heavy atom. The van der Waals surface area contributed by atoms with Gasteiger partial charge in [0, 0.05) is 16.8 Å². The van der Waals surface area contributed by atoms with Crippen molar-refractivity contribution in [3.05, 3.63) is 222 Å². The van der Waals surface area contributed by atoms with Gasteiger partial charge in [0.05, 0.1) is 11.1 Å². The standard InChI is InChI=1S/C51H33N/c1-2-17-39(18-3-1)52(50-24-12-16-35-13-6-7-19-41(35)50)40-28-25-34(26-29-40)38-27-30-44-42-20-8-10-22-46(42)51(48(44)33-38)47-23-11-9-21-43(47)45-31-36-14-4-5-15-37(36)32-49(45)51/h1-33H. The average Bonchev–Trinajstić information content (AvgIpc) is 3.67. The number of hydrogen-bond acceptors (Lipinski definition) is 1. The second-order valence-electron chi connectivity index (χ2n) is 14.1. The van der Waals surface area contributed by atoms with Crippen molar-refractivity contribution < 1.29 is 0 Å². The number of anilines is 3. The maximum Gasteiger partial charge on any atom is 0.0725 e. The number of fused-ring (bicyclic) bond motifs is 12. The third-order valence-corrected chi connectivity index (χ3v) is 11.4. The van der Waals surface area contributed by atoms with Gasteiger partial charge in [0.2, 0.25) is 0 Å². The Balaban J connectivity index is 1.09. The van der Waals surface area contributed by atoms with Crippen molar-refractivity contribution in [3.8, 4) is 33.4 Å². The van der Waals surface area contributed by atoms with Crippen molar-refractivity contribution in [2.75, 3.05) is 4.90 Å². The van der Waals surface area contributed by atoms with E-state index in [2.05, 4.69) is 205 Å². The van der Waals surface area contributed by atoms with E-state index in [1.54, 1.807) is 0 Å². The summed E-state index contributed by atoms with van der Waals surface area (Å²) in [5.74, 6) is 0. The molecular formula is C51H33N. The van der Waals surface area contributed by atoms with Gasteiger partial charge in [-0.3, -0.25) is 0 Å². The SMILES string of the molecule is c1ccc(N(c2ccc(-c3ccc4c(c3)C3(c5ccccc5-4)c4ccccc4-c4cc5ccccc5cc43)cc2)c2cccc3ccccc23)cc1. The van der Waals surface area contributed by atoms with Gasteiger partial charge in [-0.1, -0.05) is 152 Å². The second kappa shape index (κ2) is 11.2. The van der Waals surface area contributed by atoms with Crippen LogP contribution in [-0.2, 0) is 5.41 Å². The number of benzene rings is 9. The van der Waals surface area contributed by atoms with Gasteiger partial charge >= 0.3 is 0 Å². The fraction of sp³-hybridized carbons (Fsp3) is 0.0196. The predicted octanol–water partition coefficient (Wildman–Crippen LogP) is 13.5. The predicted molar refractivity (Wildman–Crippen MR) is 218 cm³/mol. The molecule has 0 saturated carbocycles. The lowest BCUT2D eigenvalue weighted by atomic mass is 9.70. The molecule has 1 unspecified atom stereocenters. The lowest BCUT2D eigenvalue weighted by molar-refractivity contribution is 0.795. The zero-order valence-electron chi connectivity index (χ0n) is 28.5. The number of rotatable bonds is 4. The van der Waals surface area contributed by atoms with Crippen LogP contribution in [0.4, 0.5) is 17.1 Å². The maximum atomic E-state index is 2.48. The van der Waals surface area contributed by atoms with E-state index < -0.39 is 5.41 Å². The van der Waals surface area contributed by atoms with Crippen LogP contribution < -0.4 is 4.90 Å². The molecule has 1 atom stereocenters. The minimum Gasteiger partial charge on any atom is -0.310 e. The molecule has 2 aliphatic rings. The average molecular weight is 660 g/mol. The molecule has 0 bridgehead atoms. The molecular weight excluding hydrogens is 627 g/mol. The first-order valence-electron chi connectivity index (χ1n) is 18.1. The molecule has 52 heavy (non-hydrogen) atoms. The number of hydrogen-bond donors (Lipinski definition) is 0. The molecule has 0 amide bonds. The maximum absolute atomic E-state index is 2.48. The molecule has 9 aromatic rings. The Labute approximate surface area is 303 Å². The summed E-state index contributed by atoms with van der Waals surface area (Å²) in [6.07, 6.45) is 0. The topological polar surface area (TPSA) is 3.24 Å². The molecule has 1 nitrogen and oxygen atoms in total. The minimum atomic E-state index is -0.393. The third-order valence-electron chi connectivity index (χ3n) is 11.4. The highest BCUT2D eigenvalue weighted by Crippen LogP contribution is 2.63. The molecule has 242 valence electrons. The highest BCUT2D eigenvalue weighted by molar-refractivity contribution is 6.01. The first kappa shape index (κ1) is 29.1. The fourth-order valence-electron chi connectivity index (χ4n) is 9.21. The largest absolute Gasteiger partial charge is 0.310 e. The van der Waals surface area contributed by atoms with Crippen molar-refractivity contribution in [2.45, 2.75) is 5.41 Å². The van der Waals surface area contributed by atoms with E-state index in [1.807, 2.05) is 0 Å². The Morgan fingerprint density at radius 1 is 0.308 bits per heavy atom. The lowest BCUT2D eigenvalue weighted by Crippen LogP contribution is -2.25. The Kier molecular flexibility index (Phi) is 6.23. The first-order valence-corrected chi connectivity index (χ1v) is 18.1. The zero-order valence-corrected chi connectivity index (χ0v) is 28.5. The molecule has 0 aromatic heterocycles. The molecule has 1 heteroatoms. The van der Waals surface area contributed by atoms with Crippen LogP contribution in [0.2, 0.25) is 0 Å². The van der Waals surface area contributed by atoms with Gasteiger partial charge in [0.25, 0.3) is 0 Å². The molecule has 0 fully saturated rings. The van der Waals surface area contributed by atoms with Crippen LogP contribution >= 0.6 is 0 Å². The van der Waals surface area contributed by atoms with Crippen molar-refractivity contribution in [3.63, 3.8) is 0 Å². The number of para-hydroxylation sites is 1. The normalized spacial score (nSPS) is 15.0. The third kappa shape index (κ3) is 4.05. The monoisotopic (exact) mass is 659 g/mol. The highest BCUT2D eigenvalue weighted by Gasteiger charge is 2.51. The quantitative estimate of drug-likeness (QED) is 0.182. The first-order chi connectivity index (χ1) is 25.8. The molecule has 9 aromatic carbocycles. The lowest BCUT2D eigenvalue weighted by Gasteiger charge is -2.31. The van der Waals surface area contributed by atoms with Crippen LogP contribution in [0, 0.1) is 0 Å². The molecule has 2 aliphatic carbocycles. The summed E-state index contributed by atoms with van der Waals surface area (Å²) in [7, 11) is 0. The van der Waals surface area contributed by atoms with E-state index in [-0.39, 0.29) is 0 Å². The molecule has 0 saturated heterocycles. The summed E-state index contributed by atoms with van der Waals surface area (Å²) < 4.78 is 0. The van der Waals surface area contributed by atoms with Crippen molar-refractivity contribution in [2.24, 2.45) is 0 Å². The molecule has 0 aliphatic heterocycles. The molecule has 11 rings (SSSR count). The summed E-state index contributed by atoms with van der Waals surface area (Å²) in [5.41, 5.74) is 16.2. The van der Waals surface area contributed by atoms with Crippen LogP contribution in [0.5, 0.6) is 0 Å². The van der Waals surface area contributed by atoms with Crippen molar-refractivity contribution in [1.82, 2.24) is 0 Å². The van der Waals surface area contributed by atoms with E-state index in [0.717, 1.165) is 11.4 Å². The van der Waals surface area contributed by atoms with Gasteiger partial charge in [0.15, 0.2) is 0 Å². The molecule has 0 radical (unpaired) electrons. The molecule has 1 spiro atoms. The van der Waals surface area contributed by atoms with Crippen molar-refractivity contribution >= 4 is 38.6 Å². The van der Waals surface area contributed by atoms with Crippen LogP contribution in [0.25, 0.3) is 54.9 Å². The van der Waals surface area contributed by atoms with Crippen molar-refractivity contribution in [1.29, 1.82) is 0 Å². The zero-order chi connectivity index (χ0) is 34.2. The molecule has 0 N–H and O–H groups in total. The van der Waals surface area contributed by atoms with Crippen LogP contribution in [0.15, 0.2) is 200 Å². The smallest absolute Gasteiger partial charge is 0.0725 e. The van der Waals surface area contributed by atoms with Gasteiger partial charge in [0.1, 0.15) is 0 Å². The van der Waals surface area contributed by atoms with Gasteiger partial charge in [-0.05, 0) is 120 Å². The van der Waals surface area contributed by atoms with E-state index in [0.29, 0.717) is 0 Å². The highest BCUT2D eigenvalue weighted by atomic mass is 15.1. The van der Waals surface area contributed by atoms with E-state index in [4.69, 9.17) is 0 Å². The summed E-state index contributed by atoms with van der Waals surface area (Å²) >= 11 is 0. The number of nitrogens with zero attached hydrogens (tertiary/aromatic N) is 1. The van der Waals surface area contributed by atoms with Gasteiger partial charge in [-0.15, -0.1) is 0 Å². The van der Waals surface area contributed by atoms with Gasteiger partial charge in [-0.25, -0.2) is 0 Å². The fourth-order valence-corrected chi connectivity index (χ4v) is 9.21. The van der Waals surface area contributed by atoms with Crippen LogP contribution in [-0.4, -0.2) is 0 Å². The Morgan fingerprint density at radius 3 is 1.62 bits per heavy atom. The minimum absolute atomic E-state index is 0.393. The summed E-state index contributed by atoms with van der Waals surface area (Å²) in [4.78, 5) is 2.37. The van der Waals surface area contributed by atoms with E-state index in [9.17, 15) is 0 Å². The summed E-state index contributed by atoms with van der Waals surface area (Å²) in [5, 5.41) is 5.02.